The van der Waals surface area contributed by atoms with Crippen LogP contribution < -0.4 is 0 Å². The Hall–Kier alpha value is -2.10. The van der Waals surface area contributed by atoms with E-state index in [0.29, 0.717) is 0 Å². The SMILES string of the molecule is CCCCC(=Cn1c2c(c3cc(Cl)ccc31)CN(C)CC2)c1ccc(F)cc1. The van der Waals surface area contributed by atoms with Gasteiger partial charge in [-0.3, -0.25) is 0 Å². The van der Waals surface area contributed by atoms with Crippen molar-refractivity contribution in [2.75, 3.05) is 13.6 Å². The summed E-state index contributed by atoms with van der Waals surface area (Å²) in [7, 11) is 2.16. The lowest BCUT2D eigenvalue weighted by Crippen LogP contribution is -2.26. The zero-order valence-electron chi connectivity index (χ0n) is 16.5. The molecular formula is C24H26ClFN2. The number of unbranched alkanes of at least 4 members (excludes halogenated alkanes) is 1. The average Bonchev–Trinajstić information content (AvgIpc) is 2.98. The number of allylic oxidation sites excluding steroid dienone is 1. The minimum Gasteiger partial charge on any atom is -0.320 e. The lowest BCUT2D eigenvalue weighted by atomic mass is 10.0. The summed E-state index contributed by atoms with van der Waals surface area (Å²) in [5.74, 6) is -0.194. The van der Waals surface area contributed by atoms with Crippen LogP contribution in [-0.4, -0.2) is 23.1 Å². The lowest BCUT2D eigenvalue weighted by Gasteiger charge is -2.24. The van der Waals surface area contributed by atoms with Gasteiger partial charge in [-0.05, 0) is 66.9 Å². The Morgan fingerprint density at radius 3 is 2.71 bits per heavy atom. The monoisotopic (exact) mass is 396 g/mol. The highest BCUT2D eigenvalue weighted by atomic mass is 35.5. The second kappa shape index (κ2) is 8.10. The standard InChI is InChI=1S/C24H26ClFN2/c1-3-4-5-18(17-6-9-20(26)10-7-17)15-28-23-11-8-19(25)14-21(23)22-16-27(2)13-12-24(22)28/h6-11,14-15H,3-5,12-13,16H2,1-2H3. The Kier molecular flexibility index (Phi) is 5.56. The van der Waals surface area contributed by atoms with E-state index < -0.39 is 0 Å². The molecule has 0 saturated heterocycles. The van der Waals surface area contributed by atoms with E-state index in [1.54, 1.807) is 12.1 Å². The van der Waals surface area contributed by atoms with Crippen LogP contribution in [0.3, 0.4) is 0 Å². The number of nitrogens with zero attached hydrogens (tertiary/aromatic N) is 2. The largest absolute Gasteiger partial charge is 0.320 e. The number of rotatable bonds is 5. The molecule has 0 aliphatic carbocycles. The van der Waals surface area contributed by atoms with Crippen LogP contribution in [0.25, 0.3) is 22.7 Å². The minimum absolute atomic E-state index is 0.194. The molecule has 0 amide bonds. The first-order chi connectivity index (χ1) is 13.6. The number of hydrogen-bond acceptors (Lipinski definition) is 1. The summed E-state index contributed by atoms with van der Waals surface area (Å²) in [6, 6.07) is 13.0. The highest BCUT2D eigenvalue weighted by Gasteiger charge is 2.22. The first-order valence-electron chi connectivity index (χ1n) is 10.0. The van der Waals surface area contributed by atoms with Crippen LogP contribution in [0.15, 0.2) is 42.5 Å². The zero-order chi connectivity index (χ0) is 19.7. The van der Waals surface area contributed by atoms with E-state index in [4.69, 9.17) is 11.6 Å². The van der Waals surface area contributed by atoms with E-state index >= 15 is 0 Å². The van der Waals surface area contributed by atoms with E-state index in [2.05, 4.69) is 41.8 Å². The molecule has 1 aliphatic rings. The van der Waals surface area contributed by atoms with Gasteiger partial charge in [0, 0.05) is 41.8 Å². The molecule has 0 atom stereocenters. The molecule has 0 spiro atoms. The smallest absolute Gasteiger partial charge is 0.123 e. The third kappa shape index (κ3) is 3.74. The van der Waals surface area contributed by atoms with Crippen molar-refractivity contribution in [2.45, 2.75) is 39.2 Å². The van der Waals surface area contributed by atoms with Gasteiger partial charge in [0.1, 0.15) is 5.82 Å². The maximum atomic E-state index is 13.4. The highest BCUT2D eigenvalue weighted by molar-refractivity contribution is 6.31. The Morgan fingerprint density at radius 2 is 1.96 bits per heavy atom. The van der Waals surface area contributed by atoms with Crippen LogP contribution in [0.2, 0.25) is 5.02 Å². The summed E-state index contributed by atoms with van der Waals surface area (Å²) >= 11 is 6.32. The van der Waals surface area contributed by atoms with Crippen molar-refractivity contribution in [1.82, 2.24) is 9.47 Å². The van der Waals surface area contributed by atoms with E-state index in [1.165, 1.54) is 27.7 Å². The summed E-state index contributed by atoms with van der Waals surface area (Å²) in [5.41, 5.74) is 6.27. The van der Waals surface area contributed by atoms with Crippen LogP contribution in [0.5, 0.6) is 0 Å². The second-order valence-electron chi connectivity index (χ2n) is 7.71. The third-order valence-corrected chi connectivity index (χ3v) is 5.88. The normalized spacial score (nSPS) is 15.2. The van der Waals surface area contributed by atoms with E-state index in [-0.39, 0.29) is 5.82 Å². The maximum Gasteiger partial charge on any atom is 0.123 e. The van der Waals surface area contributed by atoms with Crippen molar-refractivity contribution >= 4 is 34.3 Å². The van der Waals surface area contributed by atoms with Crippen molar-refractivity contribution in [3.8, 4) is 0 Å². The van der Waals surface area contributed by atoms with Gasteiger partial charge in [-0.2, -0.15) is 0 Å². The molecule has 0 saturated carbocycles. The quantitative estimate of drug-likeness (QED) is 0.471. The van der Waals surface area contributed by atoms with Crippen molar-refractivity contribution in [2.24, 2.45) is 0 Å². The molecule has 2 nitrogen and oxygen atoms in total. The highest BCUT2D eigenvalue weighted by Crippen LogP contribution is 2.34. The number of aromatic nitrogens is 1. The number of hydrogen-bond donors (Lipinski definition) is 0. The molecule has 0 bridgehead atoms. The van der Waals surface area contributed by atoms with Gasteiger partial charge >= 0.3 is 0 Å². The van der Waals surface area contributed by atoms with Crippen LogP contribution >= 0.6 is 11.6 Å². The summed E-state index contributed by atoms with van der Waals surface area (Å²) < 4.78 is 15.8. The van der Waals surface area contributed by atoms with Gasteiger partial charge in [-0.25, -0.2) is 4.39 Å². The van der Waals surface area contributed by atoms with E-state index in [1.807, 2.05) is 18.2 Å². The van der Waals surface area contributed by atoms with Gasteiger partial charge in [0.05, 0.1) is 5.52 Å². The molecule has 4 heteroatoms. The molecule has 1 aliphatic heterocycles. The fraction of sp³-hybridized carbons (Fsp3) is 0.333. The fourth-order valence-electron chi connectivity index (χ4n) is 4.12. The predicted octanol–water partition coefficient (Wildman–Crippen LogP) is 6.61. The Labute approximate surface area is 171 Å². The fourth-order valence-corrected chi connectivity index (χ4v) is 4.29. The van der Waals surface area contributed by atoms with E-state index in [9.17, 15) is 4.39 Å². The Morgan fingerprint density at radius 1 is 1.18 bits per heavy atom. The van der Waals surface area contributed by atoms with Gasteiger partial charge < -0.3 is 9.47 Å². The lowest BCUT2D eigenvalue weighted by molar-refractivity contribution is 0.312. The van der Waals surface area contributed by atoms with Gasteiger partial charge in [-0.1, -0.05) is 37.1 Å². The van der Waals surface area contributed by atoms with E-state index in [0.717, 1.165) is 49.4 Å². The molecule has 0 radical (unpaired) electrons. The first-order valence-corrected chi connectivity index (χ1v) is 10.4. The van der Waals surface area contributed by atoms with Gasteiger partial charge in [-0.15, -0.1) is 0 Å². The number of halogens is 2. The van der Waals surface area contributed by atoms with Crippen molar-refractivity contribution in [1.29, 1.82) is 0 Å². The van der Waals surface area contributed by atoms with Crippen LogP contribution in [0.1, 0.15) is 43.0 Å². The molecule has 2 heterocycles. The van der Waals surface area contributed by atoms with Gasteiger partial charge in [0.15, 0.2) is 0 Å². The summed E-state index contributed by atoms with van der Waals surface area (Å²) in [5, 5.41) is 2.01. The Bertz CT molecular complexity index is 1020. The van der Waals surface area contributed by atoms with Gasteiger partial charge in [0.2, 0.25) is 0 Å². The number of fused-ring (bicyclic) bond motifs is 3. The molecule has 0 unspecified atom stereocenters. The molecule has 4 rings (SSSR count). The van der Waals surface area contributed by atoms with Crippen LogP contribution in [0.4, 0.5) is 4.39 Å². The molecule has 28 heavy (non-hydrogen) atoms. The van der Waals surface area contributed by atoms with Crippen molar-refractivity contribution < 1.29 is 4.39 Å². The molecule has 1 aromatic heterocycles. The third-order valence-electron chi connectivity index (χ3n) is 5.64. The Balaban J connectivity index is 1.89. The summed E-state index contributed by atoms with van der Waals surface area (Å²) in [6.07, 6.45) is 6.50. The molecule has 2 aromatic carbocycles. The zero-order valence-corrected chi connectivity index (χ0v) is 17.3. The van der Waals surface area contributed by atoms with Crippen molar-refractivity contribution in [3.05, 3.63) is 70.1 Å². The molecule has 0 fully saturated rings. The van der Waals surface area contributed by atoms with Crippen molar-refractivity contribution in [3.63, 3.8) is 0 Å². The number of benzene rings is 2. The molecule has 0 N–H and O–H groups in total. The topological polar surface area (TPSA) is 8.17 Å². The van der Waals surface area contributed by atoms with Crippen LogP contribution in [0, 0.1) is 5.82 Å². The predicted molar refractivity (Wildman–Crippen MR) is 117 cm³/mol. The molecular weight excluding hydrogens is 371 g/mol. The molecule has 3 aromatic rings. The van der Waals surface area contributed by atoms with Gasteiger partial charge in [0.25, 0.3) is 0 Å². The second-order valence-corrected chi connectivity index (χ2v) is 8.15. The summed E-state index contributed by atoms with van der Waals surface area (Å²) in [4.78, 5) is 2.36. The van der Waals surface area contributed by atoms with Crippen LogP contribution in [-0.2, 0) is 13.0 Å². The average molecular weight is 397 g/mol. The molecule has 146 valence electrons. The number of likely N-dealkylation sites (N-methyl/N-ethyl adjacent to an activating group) is 1. The summed E-state index contributed by atoms with van der Waals surface area (Å²) in [6.45, 7) is 4.19. The maximum absolute atomic E-state index is 13.4. The first kappa shape index (κ1) is 19.2. The minimum atomic E-state index is -0.194.